The van der Waals surface area contributed by atoms with E-state index in [0.717, 1.165) is 10.9 Å². The molecule has 0 fully saturated rings. The summed E-state index contributed by atoms with van der Waals surface area (Å²) in [5.41, 5.74) is 1.47. The maximum Gasteiger partial charge on any atom is 0.276 e. The number of H-pyrrole nitrogens is 1. The van der Waals surface area contributed by atoms with Gasteiger partial charge in [0.05, 0.1) is 36.6 Å². The zero-order valence-electron chi connectivity index (χ0n) is 10.1. The smallest absolute Gasteiger partial charge is 0.276 e. The Balaban J connectivity index is 2.33. The standard InChI is InChI=1S/C13H13N3O3/c17-6-8(18)5-16-7-14-11-12(16)9-3-1-2-4-10(9)15-13(11)19/h1-4,7-8,17-18H,5-6H2,(H,15,19). The summed E-state index contributed by atoms with van der Waals surface area (Å²) in [5.74, 6) is 0. The molecule has 3 rings (SSSR count). The molecular formula is C13H13N3O3. The van der Waals surface area contributed by atoms with E-state index >= 15 is 0 Å². The molecule has 19 heavy (non-hydrogen) atoms. The first-order valence-corrected chi connectivity index (χ1v) is 5.95. The first kappa shape index (κ1) is 11.9. The zero-order valence-corrected chi connectivity index (χ0v) is 10.1. The van der Waals surface area contributed by atoms with Crippen LogP contribution >= 0.6 is 0 Å². The van der Waals surface area contributed by atoms with Crippen molar-refractivity contribution < 1.29 is 10.2 Å². The van der Waals surface area contributed by atoms with Gasteiger partial charge in [-0.05, 0) is 6.07 Å². The molecule has 0 aliphatic heterocycles. The lowest BCUT2D eigenvalue weighted by molar-refractivity contribution is 0.0821. The molecule has 2 aromatic heterocycles. The Labute approximate surface area is 107 Å². The summed E-state index contributed by atoms with van der Waals surface area (Å²) < 4.78 is 1.69. The van der Waals surface area contributed by atoms with Gasteiger partial charge >= 0.3 is 0 Å². The van der Waals surface area contributed by atoms with Gasteiger partial charge in [-0.3, -0.25) is 4.79 Å². The number of aromatic nitrogens is 3. The van der Waals surface area contributed by atoms with Crippen LogP contribution in [0.15, 0.2) is 35.4 Å². The Hall–Kier alpha value is -2.18. The van der Waals surface area contributed by atoms with Crippen LogP contribution in [-0.4, -0.2) is 37.5 Å². The highest BCUT2D eigenvalue weighted by atomic mass is 16.3. The lowest BCUT2D eigenvalue weighted by Gasteiger charge is -2.10. The van der Waals surface area contributed by atoms with Gasteiger partial charge in [-0.15, -0.1) is 0 Å². The molecule has 1 unspecified atom stereocenters. The number of imidazole rings is 1. The van der Waals surface area contributed by atoms with Crippen molar-refractivity contribution in [1.82, 2.24) is 14.5 Å². The molecule has 0 amide bonds. The molecule has 0 spiro atoms. The SMILES string of the molecule is O=c1[nH]c2ccccc2c2c1ncn2CC(O)CO. The number of rotatable bonds is 3. The van der Waals surface area contributed by atoms with Crippen LogP contribution in [0.1, 0.15) is 0 Å². The predicted molar refractivity (Wildman–Crippen MR) is 71.0 cm³/mol. The van der Waals surface area contributed by atoms with Gasteiger partial charge in [0.25, 0.3) is 5.56 Å². The summed E-state index contributed by atoms with van der Waals surface area (Å²) >= 11 is 0. The molecule has 0 radical (unpaired) electrons. The fourth-order valence-electron chi connectivity index (χ4n) is 2.23. The maximum atomic E-state index is 11.9. The molecule has 6 nitrogen and oxygen atoms in total. The van der Waals surface area contributed by atoms with Crippen LogP contribution in [0.4, 0.5) is 0 Å². The lowest BCUT2D eigenvalue weighted by atomic mass is 10.2. The van der Waals surface area contributed by atoms with Gasteiger partial charge in [-0.25, -0.2) is 4.98 Å². The van der Waals surface area contributed by atoms with E-state index in [0.29, 0.717) is 11.0 Å². The molecule has 0 saturated heterocycles. The second-order valence-corrected chi connectivity index (χ2v) is 4.43. The molecule has 0 aliphatic rings. The molecule has 0 bridgehead atoms. The van der Waals surface area contributed by atoms with Crippen molar-refractivity contribution in [1.29, 1.82) is 0 Å². The molecule has 1 atom stereocenters. The van der Waals surface area contributed by atoms with E-state index in [2.05, 4.69) is 9.97 Å². The second kappa shape index (κ2) is 4.49. The third kappa shape index (κ3) is 1.91. The van der Waals surface area contributed by atoms with E-state index in [4.69, 9.17) is 5.11 Å². The van der Waals surface area contributed by atoms with Crippen molar-refractivity contribution in [3.63, 3.8) is 0 Å². The van der Waals surface area contributed by atoms with E-state index in [9.17, 15) is 9.90 Å². The van der Waals surface area contributed by atoms with E-state index in [1.807, 2.05) is 24.3 Å². The van der Waals surface area contributed by atoms with Gasteiger partial charge in [-0.1, -0.05) is 18.2 Å². The van der Waals surface area contributed by atoms with Crippen LogP contribution in [0.5, 0.6) is 0 Å². The minimum atomic E-state index is -0.879. The van der Waals surface area contributed by atoms with Crippen molar-refractivity contribution in [2.75, 3.05) is 6.61 Å². The third-order valence-electron chi connectivity index (χ3n) is 3.10. The number of nitrogens with one attached hydrogen (secondary N) is 1. The number of hydrogen-bond donors (Lipinski definition) is 3. The molecule has 3 aromatic rings. The summed E-state index contributed by atoms with van der Waals surface area (Å²) in [6.07, 6.45) is 0.626. The third-order valence-corrected chi connectivity index (χ3v) is 3.10. The summed E-state index contributed by atoms with van der Waals surface area (Å²) in [6, 6.07) is 7.42. The highest BCUT2D eigenvalue weighted by molar-refractivity contribution is 6.01. The Kier molecular flexibility index (Phi) is 2.81. The fraction of sp³-hybridized carbons (Fsp3) is 0.231. The Morgan fingerprint density at radius 1 is 1.37 bits per heavy atom. The average molecular weight is 259 g/mol. The number of aromatic amines is 1. The van der Waals surface area contributed by atoms with Gasteiger partial charge in [0.15, 0.2) is 5.52 Å². The minimum absolute atomic E-state index is 0.195. The molecule has 3 N–H and O–H groups in total. The molecule has 6 heteroatoms. The quantitative estimate of drug-likeness (QED) is 0.628. The van der Waals surface area contributed by atoms with Crippen molar-refractivity contribution in [2.24, 2.45) is 0 Å². The van der Waals surface area contributed by atoms with Crippen molar-refractivity contribution >= 4 is 21.9 Å². The molecular weight excluding hydrogens is 246 g/mol. The number of fused-ring (bicyclic) bond motifs is 3. The van der Waals surface area contributed by atoms with Gasteiger partial charge in [0, 0.05) is 5.39 Å². The highest BCUT2D eigenvalue weighted by Gasteiger charge is 2.13. The summed E-state index contributed by atoms with van der Waals surface area (Å²) in [7, 11) is 0. The minimum Gasteiger partial charge on any atom is -0.394 e. The molecule has 2 heterocycles. The van der Waals surface area contributed by atoms with Crippen LogP contribution in [0.3, 0.4) is 0 Å². The summed E-state index contributed by atoms with van der Waals surface area (Å²) in [6.45, 7) is -0.138. The number of benzene rings is 1. The van der Waals surface area contributed by atoms with Crippen molar-refractivity contribution in [3.8, 4) is 0 Å². The number of pyridine rings is 1. The first-order valence-electron chi connectivity index (χ1n) is 5.95. The monoisotopic (exact) mass is 259 g/mol. The summed E-state index contributed by atoms with van der Waals surface area (Å²) in [5, 5.41) is 19.3. The lowest BCUT2D eigenvalue weighted by Crippen LogP contribution is -2.19. The van der Waals surface area contributed by atoms with Crippen LogP contribution in [-0.2, 0) is 6.54 Å². The molecule has 1 aromatic carbocycles. The summed E-state index contributed by atoms with van der Waals surface area (Å²) in [4.78, 5) is 18.8. The van der Waals surface area contributed by atoms with Crippen LogP contribution < -0.4 is 5.56 Å². The Morgan fingerprint density at radius 3 is 2.95 bits per heavy atom. The number of aliphatic hydroxyl groups is 2. The van der Waals surface area contributed by atoms with Crippen LogP contribution in [0.2, 0.25) is 0 Å². The van der Waals surface area contributed by atoms with E-state index in [1.54, 1.807) is 4.57 Å². The molecule has 98 valence electrons. The zero-order chi connectivity index (χ0) is 13.4. The first-order chi connectivity index (χ1) is 9.20. The number of hydrogen-bond acceptors (Lipinski definition) is 4. The molecule has 0 aliphatic carbocycles. The van der Waals surface area contributed by atoms with Crippen molar-refractivity contribution in [3.05, 3.63) is 40.9 Å². The Bertz CT molecular complexity index is 791. The van der Waals surface area contributed by atoms with Crippen LogP contribution in [0.25, 0.3) is 21.9 Å². The highest BCUT2D eigenvalue weighted by Crippen LogP contribution is 2.20. The van der Waals surface area contributed by atoms with Crippen molar-refractivity contribution in [2.45, 2.75) is 12.6 Å². The largest absolute Gasteiger partial charge is 0.394 e. The topological polar surface area (TPSA) is 91.1 Å². The Morgan fingerprint density at radius 2 is 2.16 bits per heavy atom. The predicted octanol–water partition coefficient (Wildman–Crippen LogP) is 0.231. The molecule has 0 saturated carbocycles. The van der Waals surface area contributed by atoms with E-state index in [-0.39, 0.29) is 18.7 Å². The second-order valence-electron chi connectivity index (χ2n) is 4.43. The van der Waals surface area contributed by atoms with Gasteiger partial charge in [0.1, 0.15) is 0 Å². The number of nitrogens with zero attached hydrogens (tertiary/aromatic N) is 2. The van der Waals surface area contributed by atoms with E-state index < -0.39 is 6.10 Å². The van der Waals surface area contributed by atoms with Gasteiger partial charge < -0.3 is 19.8 Å². The van der Waals surface area contributed by atoms with Gasteiger partial charge in [0.2, 0.25) is 0 Å². The average Bonchev–Trinajstić information content (AvgIpc) is 2.83. The number of para-hydroxylation sites is 1. The van der Waals surface area contributed by atoms with Crippen LogP contribution in [0, 0.1) is 0 Å². The van der Waals surface area contributed by atoms with Gasteiger partial charge in [-0.2, -0.15) is 0 Å². The number of aliphatic hydroxyl groups excluding tert-OH is 2. The van der Waals surface area contributed by atoms with E-state index in [1.165, 1.54) is 6.33 Å². The fourth-order valence-corrected chi connectivity index (χ4v) is 2.23. The maximum absolute atomic E-state index is 11.9. The normalized spacial score (nSPS) is 13.2.